The van der Waals surface area contributed by atoms with Crippen molar-refractivity contribution < 1.29 is 9.47 Å². The first-order valence-corrected chi connectivity index (χ1v) is 7.28. The molecule has 0 saturated carbocycles. The number of rotatable bonds is 4. The Kier molecular flexibility index (Phi) is 6.07. The van der Waals surface area contributed by atoms with Gasteiger partial charge in [0, 0.05) is 25.5 Å². The summed E-state index contributed by atoms with van der Waals surface area (Å²) >= 11 is 5.62. The molecule has 0 amide bonds. The van der Waals surface area contributed by atoms with Crippen LogP contribution in [0, 0.1) is 17.8 Å². The van der Waals surface area contributed by atoms with Gasteiger partial charge < -0.3 is 9.47 Å². The Hall–Kier alpha value is -1.17. The maximum absolute atomic E-state index is 5.92. The van der Waals surface area contributed by atoms with Crippen molar-refractivity contribution in [1.82, 2.24) is 0 Å². The van der Waals surface area contributed by atoms with E-state index in [1.54, 1.807) is 0 Å². The van der Waals surface area contributed by atoms with Crippen molar-refractivity contribution in [2.75, 3.05) is 25.7 Å². The molecule has 1 aliphatic heterocycles. The van der Waals surface area contributed by atoms with E-state index >= 15 is 0 Å². The van der Waals surface area contributed by atoms with Gasteiger partial charge in [0.1, 0.15) is 5.75 Å². The number of para-hydroxylation sites is 1. The van der Waals surface area contributed by atoms with Gasteiger partial charge in [-0.1, -0.05) is 24.0 Å². The summed E-state index contributed by atoms with van der Waals surface area (Å²) in [6.07, 6.45) is 2.87. The third-order valence-electron chi connectivity index (χ3n) is 3.15. The van der Waals surface area contributed by atoms with Crippen LogP contribution >= 0.6 is 11.6 Å². The van der Waals surface area contributed by atoms with Gasteiger partial charge in [-0.05, 0) is 30.9 Å². The maximum Gasteiger partial charge on any atom is 0.134 e. The van der Waals surface area contributed by atoms with Gasteiger partial charge in [0.05, 0.1) is 12.2 Å². The SMILES string of the molecule is ClCCC#Cc1ccccc1OCC1CCOCC1. The summed E-state index contributed by atoms with van der Waals surface area (Å²) in [6.45, 7) is 2.45. The van der Waals surface area contributed by atoms with Gasteiger partial charge in [0.2, 0.25) is 0 Å². The highest BCUT2D eigenvalue weighted by atomic mass is 35.5. The van der Waals surface area contributed by atoms with E-state index in [1.807, 2.05) is 24.3 Å². The van der Waals surface area contributed by atoms with Crippen LogP contribution in [0.1, 0.15) is 24.8 Å². The standard InChI is InChI=1S/C16H19ClO2/c17-10-4-3-6-15-5-1-2-7-16(15)19-13-14-8-11-18-12-9-14/h1-2,5,7,14H,4,8-13H2. The van der Waals surface area contributed by atoms with Crippen molar-refractivity contribution in [3.63, 3.8) is 0 Å². The van der Waals surface area contributed by atoms with Crippen molar-refractivity contribution in [2.24, 2.45) is 5.92 Å². The van der Waals surface area contributed by atoms with E-state index in [1.165, 1.54) is 0 Å². The quantitative estimate of drug-likeness (QED) is 0.620. The van der Waals surface area contributed by atoms with Gasteiger partial charge in [0.25, 0.3) is 0 Å². The van der Waals surface area contributed by atoms with Crippen LogP contribution in [0.3, 0.4) is 0 Å². The summed E-state index contributed by atoms with van der Waals surface area (Å²) in [5.41, 5.74) is 0.944. The lowest BCUT2D eigenvalue weighted by atomic mass is 10.0. The van der Waals surface area contributed by atoms with E-state index in [9.17, 15) is 0 Å². The topological polar surface area (TPSA) is 18.5 Å². The first kappa shape index (κ1) is 14.2. The largest absolute Gasteiger partial charge is 0.492 e. The van der Waals surface area contributed by atoms with Gasteiger partial charge >= 0.3 is 0 Å². The molecule has 0 aliphatic carbocycles. The lowest BCUT2D eigenvalue weighted by molar-refractivity contribution is 0.0497. The fraction of sp³-hybridized carbons (Fsp3) is 0.500. The molecule has 0 spiro atoms. The molecule has 1 saturated heterocycles. The molecule has 0 atom stereocenters. The van der Waals surface area contributed by atoms with Crippen molar-refractivity contribution in [2.45, 2.75) is 19.3 Å². The van der Waals surface area contributed by atoms with Gasteiger partial charge in [-0.25, -0.2) is 0 Å². The number of benzene rings is 1. The smallest absolute Gasteiger partial charge is 0.134 e. The molecule has 1 aromatic carbocycles. The molecule has 2 rings (SSSR count). The summed E-state index contributed by atoms with van der Waals surface area (Å²) in [4.78, 5) is 0. The van der Waals surface area contributed by atoms with Gasteiger partial charge in [-0.15, -0.1) is 11.6 Å². The second kappa shape index (κ2) is 8.09. The second-order valence-electron chi connectivity index (χ2n) is 4.60. The number of halogens is 1. The highest BCUT2D eigenvalue weighted by Crippen LogP contribution is 2.20. The molecule has 3 heteroatoms. The van der Waals surface area contributed by atoms with Crippen LogP contribution < -0.4 is 4.74 Å². The van der Waals surface area contributed by atoms with Crippen molar-refractivity contribution in [3.05, 3.63) is 29.8 Å². The Labute approximate surface area is 120 Å². The summed E-state index contributed by atoms with van der Waals surface area (Å²) in [6, 6.07) is 7.92. The average molecular weight is 279 g/mol. The molecule has 102 valence electrons. The zero-order valence-corrected chi connectivity index (χ0v) is 11.8. The van der Waals surface area contributed by atoms with E-state index < -0.39 is 0 Å². The Balaban J connectivity index is 1.93. The van der Waals surface area contributed by atoms with Crippen LogP contribution in [0.4, 0.5) is 0 Å². The number of ether oxygens (including phenoxy) is 2. The first-order valence-electron chi connectivity index (χ1n) is 6.74. The monoisotopic (exact) mass is 278 g/mol. The third-order valence-corrected chi connectivity index (χ3v) is 3.33. The molecule has 0 unspecified atom stereocenters. The van der Waals surface area contributed by atoms with Crippen molar-refractivity contribution in [1.29, 1.82) is 0 Å². The normalized spacial score (nSPS) is 15.6. The van der Waals surface area contributed by atoms with E-state index in [0.717, 1.165) is 44.0 Å². The number of hydrogen-bond donors (Lipinski definition) is 0. The molecule has 1 aromatic rings. The molecule has 0 bridgehead atoms. The summed E-state index contributed by atoms with van der Waals surface area (Å²) < 4.78 is 11.3. The van der Waals surface area contributed by atoms with Crippen LogP contribution in [-0.4, -0.2) is 25.7 Å². The minimum atomic E-state index is 0.568. The summed E-state index contributed by atoms with van der Waals surface area (Å²) in [5, 5.41) is 0. The molecular formula is C16H19ClO2. The van der Waals surface area contributed by atoms with E-state index in [4.69, 9.17) is 21.1 Å². The molecule has 1 aliphatic rings. The van der Waals surface area contributed by atoms with Crippen LogP contribution in [0.15, 0.2) is 24.3 Å². The predicted octanol–water partition coefficient (Wildman–Crippen LogP) is 3.47. The van der Waals surface area contributed by atoms with E-state index in [-0.39, 0.29) is 0 Å². The third kappa shape index (κ3) is 4.78. The van der Waals surface area contributed by atoms with Gasteiger partial charge in [0.15, 0.2) is 0 Å². The van der Waals surface area contributed by atoms with Gasteiger partial charge in [-0.2, -0.15) is 0 Å². The average Bonchev–Trinajstić information content (AvgIpc) is 2.48. The lowest BCUT2D eigenvalue weighted by Crippen LogP contribution is -2.21. The number of hydrogen-bond acceptors (Lipinski definition) is 2. The number of alkyl halides is 1. The molecule has 0 N–H and O–H groups in total. The van der Waals surface area contributed by atoms with E-state index in [2.05, 4.69) is 11.8 Å². The second-order valence-corrected chi connectivity index (χ2v) is 4.98. The van der Waals surface area contributed by atoms with Crippen molar-refractivity contribution >= 4 is 11.6 Å². The highest BCUT2D eigenvalue weighted by Gasteiger charge is 2.14. The first-order chi connectivity index (χ1) is 9.40. The molecule has 0 aromatic heterocycles. The Bertz CT molecular complexity index is 442. The molecule has 2 nitrogen and oxygen atoms in total. The lowest BCUT2D eigenvalue weighted by Gasteiger charge is -2.22. The minimum absolute atomic E-state index is 0.568. The molecule has 0 radical (unpaired) electrons. The molecule has 19 heavy (non-hydrogen) atoms. The van der Waals surface area contributed by atoms with Crippen LogP contribution in [0.2, 0.25) is 0 Å². The fourth-order valence-corrected chi connectivity index (χ4v) is 2.12. The maximum atomic E-state index is 5.92. The van der Waals surface area contributed by atoms with Crippen molar-refractivity contribution in [3.8, 4) is 17.6 Å². The Morgan fingerprint density at radius 1 is 1.26 bits per heavy atom. The van der Waals surface area contributed by atoms with Gasteiger partial charge in [-0.3, -0.25) is 0 Å². The zero-order valence-electron chi connectivity index (χ0n) is 11.0. The molecule has 1 fully saturated rings. The Morgan fingerprint density at radius 2 is 2.05 bits per heavy atom. The highest BCUT2D eigenvalue weighted by molar-refractivity contribution is 6.18. The summed E-state index contributed by atoms with van der Waals surface area (Å²) in [5.74, 6) is 8.20. The van der Waals surface area contributed by atoms with Crippen LogP contribution in [-0.2, 0) is 4.74 Å². The minimum Gasteiger partial charge on any atom is -0.492 e. The zero-order chi connectivity index (χ0) is 13.3. The molecule has 1 heterocycles. The molecular weight excluding hydrogens is 260 g/mol. The van der Waals surface area contributed by atoms with Crippen LogP contribution in [0.5, 0.6) is 5.75 Å². The fourth-order valence-electron chi connectivity index (χ4n) is 2.02. The van der Waals surface area contributed by atoms with E-state index in [0.29, 0.717) is 18.2 Å². The summed E-state index contributed by atoms with van der Waals surface area (Å²) in [7, 11) is 0. The van der Waals surface area contributed by atoms with Crippen LogP contribution in [0.25, 0.3) is 0 Å². The Morgan fingerprint density at radius 3 is 2.84 bits per heavy atom. The predicted molar refractivity (Wildman–Crippen MR) is 77.7 cm³/mol.